The van der Waals surface area contributed by atoms with Crippen LogP contribution in [0.5, 0.6) is 0 Å². The standard InChI is InChI=1S/C26H32ClN3O5/c1-4-35-24(33)20(14-15-22(28)31)29-23(32)21(16-17-8-6-5-7-9-17)30-25(34)26(2,3)18-10-12-19(27)13-11-18/h5-13,20-21H,4,14-16H2,1-3H3,(H2,28,31)(H,29,32)(H,30,34)/t20-,21-/m0/s1/i/hD. The number of esters is 1. The smallest absolute Gasteiger partial charge is 0.328 e. The summed E-state index contributed by atoms with van der Waals surface area (Å²) in [5.41, 5.74) is 5.41. The van der Waals surface area contributed by atoms with Gasteiger partial charge in [-0.25, -0.2) is 4.79 Å². The van der Waals surface area contributed by atoms with Crippen molar-refractivity contribution in [1.29, 1.82) is 0 Å². The lowest BCUT2D eigenvalue weighted by molar-refractivity contribution is -0.148. The molecule has 0 aliphatic heterocycles. The van der Waals surface area contributed by atoms with Gasteiger partial charge in [-0.15, -0.1) is 0 Å². The van der Waals surface area contributed by atoms with Crippen molar-refractivity contribution in [3.63, 3.8) is 0 Å². The Kier molecular flexibility index (Phi) is 9.66. The highest BCUT2D eigenvalue weighted by Gasteiger charge is 2.34. The van der Waals surface area contributed by atoms with E-state index in [9.17, 15) is 19.2 Å². The molecule has 0 unspecified atom stereocenters. The van der Waals surface area contributed by atoms with Crippen LogP contribution in [0.2, 0.25) is 6.43 Å². The van der Waals surface area contributed by atoms with E-state index >= 15 is 0 Å². The highest BCUT2D eigenvalue weighted by atomic mass is 35.5. The maximum atomic E-state index is 13.5. The van der Waals surface area contributed by atoms with Crippen LogP contribution in [0, 0.1) is 0 Å². The molecule has 2 rings (SSSR count). The van der Waals surface area contributed by atoms with Gasteiger partial charge in [-0.1, -0.05) is 54.1 Å². The minimum absolute atomic E-state index is 0.0317. The topological polar surface area (TPSA) is 128 Å². The Hall–Kier alpha value is -3.39. The lowest BCUT2D eigenvalue weighted by Crippen LogP contribution is -2.55. The number of rotatable bonds is 12. The van der Waals surface area contributed by atoms with Gasteiger partial charge in [-0.2, -0.15) is 0 Å². The number of carbonyl (C=O) groups is 4. The van der Waals surface area contributed by atoms with E-state index < -0.39 is 41.2 Å². The largest absolute Gasteiger partial charge is 0.464 e. The Morgan fingerprint density at radius 3 is 2.26 bits per heavy atom. The van der Waals surface area contributed by atoms with Crippen molar-refractivity contribution in [3.05, 3.63) is 70.7 Å². The molecule has 3 amide bonds. The first-order chi connectivity index (χ1) is 17.0. The van der Waals surface area contributed by atoms with Gasteiger partial charge in [0.15, 0.2) is 1.41 Å². The second-order valence-electron chi connectivity index (χ2n) is 8.59. The number of carbonyl (C=O) groups excluding carboxylic acids is 4. The van der Waals surface area contributed by atoms with E-state index in [0.29, 0.717) is 15.9 Å². The van der Waals surface area contributed by atoms with E-state index in [2.05, 4.69) is 5.32 Å². The molecule has 0 fully saturated rings. The van der Waals surface area contributed by atoms with Gasteiger partial charge in [0.1, 0.15) is 12.1 Å². The zero-order valence-corrected chi connectivity index (χ0v) is 20.9. The van der Waals surface area contributed by atoms with Gasteiger partial charge in [-0.3, -0.25) is 14.4 Å². The third kappa shape index (κ3) is 8.40. The summed E-state index contributed by atoms with van der Waals surface area (Å²) in [7, 11) is 0. The maximum absolute atomic E-state index is 13.5. The third-order valence-electron chi connectivity index (χ3n) is 5.52. The summed E-state index contributed by atoms with van der Waals surface area (Å²) >= 11 is 5.98. The number of amides is 3. The van der Waals surface area contributed by atoms with Gasteiger partial charge < -0.3 is 21.1 Å². The van der Waals surface area contributed by atoms with Crippen molar-refractivity contribution in [3.8, 4) is 0 Å². The quantitative estimate of drug-likeness (QED) is 0.384. The van der Waals surface area contributed by atoms with Gasteiger partial charge in [0, 0.05) is 17.9 Å². The molecule has 0 bridgehead atoms. The van der Waals surface area contributed by atoms with Crippen LogP contribution in [0.1, 0.15) is 44.7 Å². The van der Waals surface area contributed by atoms with Crippen LogP contribution in [-0.4, -0.2) is 42.4 Å². The van der Waals surface area contributed by atoms with E-state index in [1.807, 2.05) is 6.07 Å². The fraction of sp³-hybridized carbons (Fsp3) is 0.385. The number of primary amides is 1. The summed E-state index contributed by atoms with van der Waals surface area (Å²) in [5.74, 6) is -2.71. The third-order valence-corrected chi connectivity index (χ3v) is 5.77. The normalized spacial score (nSPS) is 13.2. The minimum atomic E-state index is -1.27. The number of hydrogen-bond acceptors (Lipinski definition) is 5. The molecule has 8 nitrogen and oxygen atoms in total. The Morgan fingerprint density at radius 2 is 1.69 bits per heavy atom. The molecular formula is C26H32ClN3O5. The van der Waals surface area contributed by atoms with Gasteiger partial charge in [0.05, 0.1) is 12.0 Å². The lowest BCUT2D eigenvalue weighted by atomic mass is 9.83. The van der Waals surface area contributed by atoms with Crippen LogP contribution in [0.25, 0.3) is 0 Å². The summed E-state index contributed by atoms with van der Waals surface area (Å²) in [6.07, 6.45) is -0.190. The summed E-state index contributed by atoms with van der Waals surface area (Å²) in [6.45, 7) is 5.01. The molecule has 0 aromatic heterocycles. The second-order valence-corrected chi connectivity index (χ2v) is 9.03. The number of halogens is 1. The molecule has 2 aromatic rings. The first kappa shape index (κ1) is 26.2. The van der Waals surface area contributed by atoms with E-state index in [4.69, 9.17) is 23.5 Å². The summed E-state index contributed by atoms with van der Waals surface area (Å²) in [5, 5.41) is 3.71. The van der Waals surface area contributed by atoms with Crippen LogP contribution >= 0.6 is 11.6 Å². The Morgan fingerprint density at radius 1 is 1.06 bits per heavy atom. The van der Waals surface area contributed by atoms with Gasteiger partial charge in [0.2, 0.25) is 17.7 Å². The first-order valence-electron chi connectivity index (χ1n) is 11.8. The molecule has 0 spiro atoms. The predicted molar refractivity (Wildman–Crippen MR) is 134 cm³/mol. The fourth-order valence-corrected chi connectivity index (χ4v) is 3.50. The molecule has 0 aliphatic carbocycles. The molecule has 0 radical (unpaired) electrons. The highest BCUT2D eigenvalue weighted by Crippen LogP contribution is 2.25. The monoisotopic (exact) mass is 502 g/mol. The fourth-order valence-electron chi connectivity index (χ4n) is 3.37. The zero-order valence-electron chi connectivity index (χ0n) is 21.1. The second kappa shape index (κ2) is 12.9. The molecule has 0 saturated carbocycles. The number of benzene rings is 2. The van der Waals surface area contributed by atoms with Crippen molar-refractivity contribution in [2.75, 3.05) is 6.61 Å². The summed E-state index contributed by atoms with van der Waals surface area (Å²) < 4.78 is 13.7. The summed E-state index contributed by atoms with van der Waals surface area (Å²) in [6, 6.07) is 13.2. The average Bonchev–Trinajstić information content (AvgIpc) is 2.84. The van der Waals surface area contributed by atoms with Crippen LogP contribution in [-0.2, 0) is 35.8 Å². The van der Waals surface area contributed by atoms with Crippen LogP contribution < -0.4 is 16.4 Å². The van der Waals surface area contributed by atoms with Gasteiger partial charge >= 0.3 is 5.97 Å². The van der Waals surface area contributed by atoms with E-state index in [0.717, 1.165) is 5.56 Å². The number of hydrogen-bond donors (Lipinski definition) is 3. The SMILES string of the molecule is [2H]N(C(=O)C(C)(C)c1ccc(Cl)cc1)[C@@H](Cc1ccccc1)C(=O)N[C@@H](CCC(N)=O)C(=O)OCC. The Balaban J connectivity index is 2.35. The van der Waals surface area contributed by atoms with E-state index in [1.165, 1.54) is 0 Å². The molecule has 4 N–H and O–H groups in total. The number of nitrogens with two attached hydrogens (primary N) is 1. The van der Waals surface area contributed by atoms with Crippen LogP contribution in [0.3, 0.4) is 0 Å². The molecule has 2 atom stereocenters. The molecule has 0 aliphatic rings. The Bertz CT molecular complexity index is 1060. The number of nitrogens with one attached hydrogen (secondary N) is 2. The first-order valence-corrected chi connectivity index (χ1v) is 11.7. The van der Waals surface area contributed by atoms with Crippen molar-refractivity contribution in [1.82, 2.24) is 10.6 Å². The van der Waals surface area contributed by atoms with E-state index in [-0.39, 0.29) is 25.9 Å². The molecule has 9 heteroatoms. The summed E-state index contributed by atoms with van der Waals surface area (Å²) in [4.78, 5) is 50.6. The predicted octanol–water partition coefficient (Wildman–Crippen LogP) is 2.66. The molecule has 2 aromatic carbocycles. The molecule has 0 heterocycles. The minimum Gasteiger partial charge on any atom is -0.464 e. The Labute approximate surface area is 212 Å². The van der Waals surface area contributed by atoms with Crippen molar-refractivity contribution in [2.45, 2.75) is 57.5 Å². The highest BCUT2D eigenvalue weighted by molar-refractivity contribution is 6.30. The van der Waals surface area contributed by atoms with Crippen LogP contribution in [0.4, 0.5) is 0 Å². The van der Waals surface area contributed by atoms with Crippen molar-refractivity contribution < 1.29 is 25.3 Å². The zero-order chi connectivity index (χ0) is 26.9. The van der Waals surface area contributed by atoms with Gasteiger partial charge in [0.25, 0.3) is 0 Å². The van der Waals surface area contributed by atoms with Crippen molar-refractivity contribution >= 4 is 35.3 Å². The van der Waals surface area contributed by atoms with Crippen molar-refractivity contribution in [2.24, 2.45) is 5.73 Å². The number of ether oxygens (including phenoxy) is 1. The van der Waals surface area contributed by atoms with E-state index in [1.54, 1.807) is 69.3 Å². The molecule has 35 heavy (non-hydrogen) atoms. The maximum Gasteiger partial charge on any atom is 0.328 e. The van der Waals surface area contributed by atoms with Gasteiger partial charge in [-0.05, 0) is 50.5 Å². The lowest BCUT2D eigenvalue weighted by Gasteiger charge is -2.28. The molecular weight excluding hydrogens is 470 g/mol. The van der Waals surface area contributed by atoms with Crippen LogP contribution in [0.15, 0.2) is 54.6 Å². The average molecular weight is 503 g/mol. The molecule has 188 valence electrons. The molecule has 0 saturated heterocycles.